The van der Waals surface area contributed by atoms with E-state index in [2.05, 4.69) is 37.0 Å². The fourth-order valence-electron chi connectivity index (χ4n) is 5.34. The van der Waals surface area contributed by atoms with Crippen LogP contribution in [0, 0.1) is 23.6 Å². The third-order valence-electron chi connectivity index (χ3n) is 7.30. The Morgan fingerprint density at radius 2 is 1.84 bits per heavy atom. The number of benzene rings is 2. The second-order valence-corrected chi connectivity index (χ2v) is 10.2. The van der Waals surface area contributed by atoms with Crippen molar-refractivity contribution in [2.45, 2.75) is 37.8 Å². The number of amides is 3. The predicted octanol–water partition coefficient (Wildman–Crippen LogP) is 2.99. The first-order valence-electron chi connectivity index (χ1n) is 13.2. The minimum atomic E-state index is -5.13. The Labute approximate surface area is 246 Å². The van der Waals surface area contributed by atoms with Crippen LogP contribution in [0.3, 0.4) is 0 Å². The van der Waals surface area contributed by atoms with Gasteiger partial charge in [0.25, 0.3) is 5.91 Å². The summed E-state index contributed by atoms with van der Waals surface area (Å²) in [6.07, 6.45) is -1.07. The van der Waals surface area contributed by atoms with Crippen molar-refractivity contribution in [3.8, 4) is 17.6 Å². The molecule has 15 heteroatoms. The Bertz CT molecular complexity index is 1870. The lowest BCUT2D eigenvalue weighted by Crippen LogP contribution is -2.46. The highest BCUT2D eigenvalue weighted by molar-refractivity contribution is 6.05. The molecule has 6 rings (SSSR count). The number of nitrogens with one attached hydrogen (secondary N) is 1. The Morgan fingerprint density at radius 1 is 1.07 bits per heavy atom. The van der Waals surface area contributed by atoms with Crippen LogP contribution in [0.25, 0.3) is 10.9 Å². The molecule has 4 aromatic rings. The van der Waals surface area contributed by atoms with Crippen molar-refractivity contribution in [1.82, 2.24) is 24.6 Å². The summed E-state index contributed by atoms with van der Waals surface area (Å²) in [5, 5.41) is 6.90. The molecule has 11 nitrogen and oxygen atoms in total. The van der Waals surface area contributed by atoms with Gasteiger partial charge in [-0.25, -0.2) is 14.4 Å². The van der Waals surface area contributed by atoms with Gasteiger partial charge in [0.2, 0.25) is 17.6 Å². The van der Waals surface area contributed by atoms with Gasteiger partial charge in [-0.1, -0.05) is 12.0 Å². The minimum absolute atomic E-state index is 0.0460. The van der Waals surface area contributed by atoms with E-state index in [1.165, 1.54) is 9.58 Å². The number of likely N-dealkylation sites (tertiary alicyclic amines) is 1. The van der Waals surface area contributed by atoms with Crippen molar-refractivity contribution in [3.63, 3.8) is 0 Å². The second-order valence-electron chi connectivity index (χ2n) is 10.2. The number of alkyl halides is 3. The number of nitrogens with two attached hydrogens (primary N) is 1. The molecule has 1 saturated heterocycles. The van der Waals surface area contributed by atoms with Gasteiger partial charge in [-0.2, -0.15) is 5.10 Å². The quantitative estimate of drug-likeness (QED) is 0.253. The molecule has 3 amide bonds. The van der Waals surface area contributed by atoms with Crippen LogP contribution in [0.15, 0.2) is 54.9 Å². The van der Waals surface area contributed by atoms with Gasteiger partial charge in [-0.3, -0.25) is 19.1 Å². The summed E-state index contributed by atoms with van der Waals surface area (Å²) in [5.74, 6) is 1.49. The SMILES string of the molecule is NC(=O)c1nn(CC(=O)N2C3C[C@@H]3C[C@H]2C(=O)Nc2cccc(OC(F)(F)F)c2F)c2ccc(C#Cc3ncccn3)cc12. The Morgan fingerprint density at radius 3 is 2.57 bits per heavy atom. The van der Waals surface area contributed by atoms with Crippen LogP contribution in [0.4, 0.5) is 23.2 Å². The molecular weight excluding hydrogens is 586 g/mol. The highest BCUT2D eigenvalue weighted by atomic mass is 19.4. The highest BCUT2D eigenvalue weighted by Gasteiger charge is 2.56. The highest BCUT2D eigenvalue weighted by Crippen LogP contribution is 2.48. The number of halogens is 4. The van der Waals surface area contributed by atoms with E-state index < -0.39 is 47.4 Å². The summed E-state index contributed by atoms with van der Waals surface area (Å²) in [7, 11) is 0. The number of nitrogens with zero attached hydrogens (tertiary/aromatic N) is 5. The standard InChI is InChI=1S/C29H21F4N7O4/c30-25-18(3-1-4-22(25)44-29(31,32)33)37-28(43)21-13-16-12-20(16)40(21)24(41)14-39-19-7-5-15(6-8-23-35-9-2-10-36-23)11-17(19)26(38-39)27(34)42/h1-5,7,9-11,16,20-21H,12-14H2,(H2,34,42)(H,37,43)/t16-,20?,21+/m1/s1. The van der Waals surface area contributed by atoms with E-state index in [0.29, 0.717) is 35.1 Å². The molecule has 3 heterocycles. The van der Waals surface area contributed by atoms with Gasteiger partial charge in [0.1, 0.15) is 12.6 Å². The zero-order valence-electron chi connectivity index (χ0n) is 22.5. The molecule has 2 aromatic carbocycles. The number of piperidine rings is 1. The number of carbonyl (C=O) groups excluding carboxylic acids is 3. The van der Waals surface area contributed by atoms with Crippen LogP contribution in [0.1, 0.15) is 34.7 Å². The van der Waals surface area contributed by atoms with Crippen molar-refractivity contribution >= 4 is 34.3 Å². The Kier molecular flexibility index (Phi) is 7.12. The Balaban J connectivity index is 1.22. The number of primary amides is 1. The van der Waals surface area contributed by atoms with Crippen LogP contribution in [-0.2, 0) is 16.1 Å². The van der Waals surface area contributed by atoms with Crippen LogP contribution in [-0.4, -0.2) is 60.8 Å². The first-order chi connectivity index (χ1) is 21.0. The third-order valence-corrected chi connectivity index (χ3v) is 7.30. The number of anilines is 1. The summed E-state index contributed by atoms with van der Waals surface area (Å²) in [6.45, 7) is -0.344. The van der Waals surface area contributed by atoms with E-state index in [4.69, 9.17) is 5.73 Å². The average molecular weight is 608 g/mol. The largest absolute Gasteiger partial charge is 0.573 e. The number of ether oxygens (including phenoxy) is 1. The molecular formula is C29H21F4N7O4. The number of fused-ring (bicyclic) bond motifs is 2. The van der Waals surface area contributed by atoms with E-state index >= 15 is 0 Å². The zero-order valence-corrected chi connectivity index (χ0v) is 22.5. The van der Waals surface area contributed by atoms with E-state index in [1.807, 2.05) is 0 Å². The molecule has 1 unspecified atom stereocenters. The summed E-state index contributed by atoms with van der Waals surface area (Å²) in [6, 6.07) is 8.28. The molecule has 1 saturated carbocycles. The Hall–Kier alpha value is -5.52. The number of carbonyl (C=O) groups is 3. The molecule has 1 aliphatic carbocycles. The van der Waals surface area contributed by atoms with E-state index in [0.717, 1.165) is 18.2 Å². The van der Waals surface area contributed by atoms with E-state index in [1.54, 1.807) is 36.7 Å². The zero-order chi connectivity index (χ0) is 31.2. The smallest absolute Gasteiger partial charge is 0.403 e. The lowest BCUT2D eigenvalue weighted by Gasteiger charge is -2.27. The molecule has 3 atom stereocenters. The maximum Gasteiger partial charge on any atom is 0.573 e. The minimum Gasteiger partial charge on any atom is -0.403 e. The second kappa shape index (κ2) is 11.0. The van der Waals surface area contributed by atoms with Crippen molar-refractivity contribution in [1.29, 1.82) is 0 Å². The molecule has 2 aromatic heterocycles. The molecule has 224 valence electrons. The predicted molar refractivity (Wildman–Crippen MR) is 145 cm³/mol. The normalized spacial score (nSPS) is 18.7. The van der Waals surface area contributed by atoms with Crippen LogP contribution < -0.4 is 15.8 Å². The van der Waals surface area contributed by atoms with Crippen molar-refractivity contribution < 1.29 is 36.7 Å². The number of hydrogen-bond donors (Lipinski definition) is 2. The monoisotopic (exact) mass is 607 g/mol. The first-order valence-corrected chi connectivity index (χ1v) is 13.2. The molecule has 0 radical (unpaired) electrons. The number of rotatable bonds is 6. The summed E-state index contributed by atoms with van der Waals surface area (Å²) >= 11 is 0. The molecule has 3 N–H and O–H groups in total. The summed E-state index contributed by atoms with van der Waals surface area (Å²) in [4.78, 5) is 48.4. The third kappa shape index (κ3) is 5.74. The van der Waals surface area contributed by atoms with Crippen LogP contribution in [0.2, 0.25) is 0 Å². The maximum absolute atomic E-state index is 14.7. The van der Waals surface area contributed by atoms with Crippen molar-refractivity contribution in [2.75, 3.05) is 5.32 Å². The van der Waals surface area contributed by atoms with Crippen LogP contribution >= 0.6 is 0 Å². The van der Waals surface area contributed by atoms with Crippen molar-refractivity contribution in [3.05, 3.63) is 77.8 Å². The maximum atomic E-state index is 14.7. The lowest BCUT2D eigenvalue weighted by atomic mass is 10.1. The molecule has 2 fully saturated rings. The summed E-state index contributed by atoms with van der Waals surface area (Å²) < 4.78 is 57.5. The number of aromatic nitrogens is 4. The fraction of sp³-hybridized carbons (Fsp3) is 0.241. The van der Waals surface area contributed by atoms with Gasteiger partial charge in [0, 0.05) is 29.4 Å². The van der Waals surface area contributed by atoms with Crippen molar-refractivity contribution in [2.24, 2.45) is 11.7 Å². The summed E-state index contributed by atoms with van der Waals surface area (Å²) in [5.41, 5.74) is 5.90. The lowest BCUT2D eigenvalue weighted by molar-refractivity contribution is -0.275. The molecule has 44 heavy (non-hydrogen) atoms. The van der Waals surface area contributed by atoms with Gasteiger partial charge < -0.3 is 20.7 Å². The first kappa shape index (κ1) is 28.6. The van der Waals surface area contributed by atoms with Gasteiger partial charge in [-0.15, -0.1) is 13.2 Å². The topological polar surface area (TPSA) is 145 Å². The van der Waals surface area contributed by atoms with Gasteiger partial charge in [0.05, 0.1) is 11.2 Å². The van der Waals surface area contributed by atoms with Crippen LogP contribution in [0.5, 0.6) is 5.75 Å². The van der Waals surface area contributed by atoms with Gasteiger partial charge in [0.15, 0.2) is 17.3 Å². The average Bonchev–Trinajstić information content (AvgIpc) is 3.49. The van der Waals surface area contributed by atoms with Gasteiger partial charge in [-0.05, 0) is 61.1 Å². The van der Waals surface area contributed by atoms with E-state index in [-0.39, 0.29) is 24.2 Å². The fourth-order valence-corrected chi connectivity index (χ4v) is 5.34. The molecule has 0 spiro atoms. The number of hydrogen-bond acceptors (Lipinski definition) is 7. The molecule has 2 aliphatic rings. The molecule has 0 bridgehead atoms. The molecule has 1 aliphatic heterocycles. The van der Waals surface area contributed by atoms with Gasteiger partial charge >= 0.3 is 6.36 Å². The van der Waals surface area contributed by atoms with E-state index in [9.17, 15) is 31.9 Å².